The van der Waals surface area contributed by atoms with Gasteiger partial charge in [0, 0.05) is 29.6 Å². The van der Waals surface area contributed by atoms with Crippen molar-refractivity contribution in [3.8, 4) is 11.5 Å². The first kappa shape index (κ1) is 18.5. The lowest BCUT2D eigenvalue weighted by Gasteiger charge is -2.21. The number of ether oxygens (including phenoxy) is 2. The normalized spacial score (nSPS) is 15.8. The summed E-state index contributed by atoms with van der Waals surface area (Å²) >= 11 is 0. The fourth-order valence-electron chi connectivity index (χ4n) is 4.37. The summed E-state index contributed by atoms with van der Waals surface area (Å²) in [6.07, 6.45) is 10.0. The monoisotopic (exact) mass is 401 g/mol. The summed E-state index contributed by atoms with van der Waals surface area (Å²) in [4.78, 5) is 17.1. The molecule has 0 spiro atoms. The topological polar surface area (TPSA) is 78.8 Å². The van der Waals surface area contributed by atoms with Crippen LogP contribution in [-0.4, -0.2) is 29.9 Å². The minimum atomic E-state index is -0.528. The Morgan fingerprint density at radius 1 is 1.17 bits per heavy atom. The largest absolute Gasteiger partial charge is 0.493 e. The van der Waals surface area contributed by atoms with Gasteiger partial charge < -0.3 is 19.8 Å². The van der Waals surface area contributed by atoms with Crippen molar-refractivity contribution < 1.29 is 14.3 Å². The van der Waals surface area contributed by atoms with Crippen molar-refractivity contribution in [2.45, 2.75) is 31.8 Å². The molecule has 2 heterocycles. The molecule has 0 atom stereocenters. The molecule has 152 valence electrons. The zero-order chi connectivity index (χ0) is 20.7. The molecule has 0 saturated heterocycles. The lowest BCUT2D eigenvalue weighted by molar-refractivity contribution is 0.0999. The highest BCUT2D eigenvalue weighted by Crippen LogP contribution is 2.41. The van der Waals surface area contributed by atoms with E-state index in [0.717, 1.165) is 42.1 Å². The molecule has 3 aromatic rings. The Labute approximate surface area is 174 Å². The molecular weight excluding hydrogens is 378 g/mol. The van der Waals surface area contributed by atoms with Gasteiger partial charge in [-0.1, -0.05) is 18.2 Å². The quantitative estimate of drug-likeness (QED) is 0.686. The minimum absolute atomic E-state index is 0.0895. The molecule has 1 aliphatic heterocycles. The molecule has 1 saturated carbocycles. The molecule has 1 aromatic heterocycles. The minimum Gasteiger partial charge on any atom is -0.493 e. The predicted octanol–water partition coefficient (Wildman–Crippen LogP) is 4.46. The number of hydrogen-bond acceptors (Lipinski definition) is 4. The Balaban J connectivity index is 1.72. The van der Waals surface area contributed by atoms with Gasteiger partial charge in [-0.2, -0.15) is 0 Å². The molecule has 2 aromatic carbocycles. The van der Waals surface area contributed by atoms with Crippen molar-refractivity contribution in [1.29, 1.82) is 0 Å². The highest BCUT2D eigenvalue weighted by atomic mass is 16.5. The number of nitrogens with two attached hydrogens (primary N) is 1. The Morgan fingerprint density at radius 2 is 2.00 bits per heavy atom. The lowest BCUT2D eigenvalue weighted by Crippen LogP contribution is -2.18. The number of primary amides is 1. The first-order valence-electron chi connectivity index (χ1n) is 10.2. The number of hydrogen-bond donors (Lipinski definition) is 1. The Kier molecular flexibility index (Phi) is 4.54. The number of nitrogens with zero attached hydrogens (tertiary/aromatic N) is 2. The van der Waals surface area contributed by atoms with E-state index in [2.05, 4.69) is 12.1 Å². The van der Waals surface area contributed by atoms with Crippen LogP contribution in [0.15, 0.2) is 47.6 Å². The molecule has 0 unspecified atom stereocenters. The van der Waals surface area contributed by atoms with E-state index >= 15 is 0 Å². The van der Waals surface area contributed by atoms with Crippen LogP contribution in [0.1, 0.15) is 47.2 Å². The summed E-state index contributed by atoms with van der Waals surface area (Å²) in [5.74, 6) is 0.565. The number of rotatable bonds is 5. The van der Waals surface area contributed by atoms with E-state index in [1.165, 1.54) is 0 Å². The SMILES string of the molecule is COc1ccc(C(N)=O)c(C2=Cn3ccc4cccc(c43)C=N2)c1OC1CCCC1. The van der Waals surface area contributed by atoms with Gasteiger partial charge in [0.25, 0.3) is 0 Å². The summed E-state index contributed by atoms with van der Waals surface area (Å²) in [6.45, 7) is 0. The van der Waals surface area contributed by atoms with Gasteiger partial charge in [0.15, 0.2) is 11.5 Å². The highest BCUT2D eigenvalue weighted by molar-refractivity contribution is 6.07. The second-order valence-electron chi connectivity index (χ2n) is 7.69. The molecule has 1 aliphatic carbocycles. The van der Waals surface area contributed by atoms with Gasteiger partial charge in [0.1, 0.15) is 0 Å². The summed E-state index contributed by atoms with van der Waals surface area (Å²) in [7, 11) is 1.60. The van der Waals surface area contributed by atoms with E-state index in [9.17, 15) is 4.79 Å². The van der Waals surface area contributed by atoms with E-state index in [0.29, 0.717) is 28.3 Å². The third-order valence-corrected chi connectivity index (χ3v) is 5.83. The Hall–Kier alpha value is -3.54. The number of benzene rings is 2. The van der Waals surface area contributed by atoms with Crippen LogP contribution < -0.4 is 15.2 Å². The molecular formula is C24H23N3O3. The van der Waals surface area contributed by atoms with E-state index < -0.39 is 5.91 Å². The third kappa shape index (κ3) is 3.05. The van der Waals surface area contributed by atoms with Crippen LogP contribution in [0.3, 0.4) is 0 Å². The average Bonchev–Trinajstić information content (AvgIpc) is 3.36. The zero-order valence-corrected chi connectivity index (χ0v) is 16.8. The van der Waals surface area contributed by atoms with Gasteiger partial charge in [-0.25, -0.2) is 0 Å². The van der Waals surface area contributed by atoms with Crippen LogP contribution in [0, 0.1) is 0 Å². The Bertz CT molecular complexity index is 1200. The number of carbonyl (C=O) groups excluding carboxylic acids is 1. The van der Waals surface area contributed by atoms with E-state index in [4.69, 9.17) is 20.2 Å². The molecule has 30 heavy (non-hydrogen) atoms. The summed E-state index contributed by atoms with van der Waals surface area (Å²) in [5.41, 5.74) is 9.35. The lowest BCUT2D eigenvalue weighted by atomic mass is 10.0. The molecule has 6 nitrogen and oxygen atoms in total. The molecule has 0 bridgehead atoms. The molecule has 0 radical (unpaired) electrons. The van der Waals surface area contributed by atoms with Crippen molar-refractivity contribution in [3.05, 3.63) is 59.3 Å². The number of methoxy groups -OCH3 is 1. The van der Waals surface area contributed by atoms with Crippen molar-refractivity contribution in [3.63, 3.8) is 0 Å². The van der Waals surface area contributed by atoms with Gasteiger partial charge in [-0.3, -0.25) is 9.79 Å². The molecule has 6 heteroatoms. The second-order valence-corrected chi connectivity index (χ2v) is 7.69. The Morgan fingerprint density at radius 3 is 2.77 bits per heavy atom. The number of aliphatic imine (C=N–C) groups is 1. The number of aromatic nitrogens is 1. The van der Waals surface area contributed by atoms with Crippen LogP contribution in [0.2, 0.25) is 0 Å². The van der Waals surface area contributed by atoms with E-state index in [1.54, 1.807) is 19.2 Å². The zero-order valence-electron chi connectivity index (χ0n) is 16.8. The number of amides is 1. The van der Waals surface area contributed by atoms with Gasteiger partial charge in [0.2, 0.25) is 5.91 Å². The highest BCUT2D eigenvalue weighted by Gasteiger charge is 2.26. The molecule has 2 N–H and O–H groups in total. The second kappa shape index (κ2) is 7.37. The first-order valence-corrected chi connectivity index (χ1v) is 10.2. The standard InChI is InChI=1S/C24H23N3O3/c1-29-20-10-9-18(24(25)28)21(23(20)30-17-7-2-3-8-17)19-14-27-12-11-15-5-4-6-16(13-26-19)22(15)27/h4-6,9-14,17H,2-3,7-8H2,1H3,(H2,25,28). The van der Waals surface area contributed by atoms with Gasteiger partial charge in [-0.15, -0.1) is 0 Å². The fourth-order valence-corrected chi connectivity index (χ4v) is 4.37. The van der Waals surface area contributed by atoms with Crippen LogP contribution in [-0.2, 0) is 0 Å². The molecule has 5 rings (SSSR count). The molecule has 1 amide bonds. The maximum absolute atomic E-state index is 12.3. The van der Waals surface area contributed by atoms with Crippen LogP contribution in [0.5, 0.6) is 11.5 Å². The summed E-state index contributed by atoms with van der Waals surface area (Å²) < 4.78 is 14.0. The third-order valence-electron chi connectivity index (χ3n) is 5.83. The predicted molar refractivity (Wildman–Crippen MR) is 118 cm³/mol. The van der Waals surface area contributed by atoms with Crippen LogP contribution in [0.4, 0.5) is 0 Å². The maximum Gasteiger partial charge on any atom is 0.249 e. The summed E-state index contributed by atoms with van der Waals surface area (Å²) in [6, 6.07) is 11.6. The van der Waals surface area contributed by atoms with Gasteiger partial charge in [0.05, 0.1) is 35.6 Å². The average molecular weight is 401 g/mol. The van der Waals surface area contributed by atoms with E-state index in [-0.39, 0.29) is 6.10 Å². The smallest absolute Gasteiger partial charge is 0.249 e. The number of para-hydroxylation sites is 1. The van der Waals surface area contributed by atoms with Crippen molar-refractivity contribution in [2.24, 2.45) is 10.7 Å². The number of carbonyl (C=O) groups is 1. The molecule has 1 fully saturated rings. The maximum atomic E-state index is 12.3. The molecule has 2 aliphatic rings. The van der Waals surface area contributed by atoms with Gasteiger partial charge in [-0.05, 0) is 43.9 Å². The summed E-state index contributed by atoms with van der Waals surface area (Å²) in [5, 5.41) is 1.12. The van der Waals surface area contributed by atoms with Crippen molar-refractivity contribution in [2.75, 3.05) is 7.11 Å². The van der Waals surface area contributed by atoms with Crippen LogP contribution >= 0.6 is 0 Å². The fraction of sp³-hybridized carbons (Fsp3) is 0.250. The van der Waals surface area contributed by atoms with Crippen molar-refractivity contribution >= 4 is 34.9 Å². The first-order chi connectivity index (χ1) is 14.7. The van der Waals surface area contributed by atoms with Crippen LogP contribution in [0.25, 0.3) is 22.8 Å². The van der Waals surface area contributed by atoms with E-state index in [1.807, 2.05) is 35.3 Å². The van der Waals surface area contributed by atoms with Crippen molar-refractivity contribution in [1.82, 2.24) is 4.57 Å². The van der Waals surface area contributed by atoms with Gasteiger partial charge >= 0.3 is 0 Å².